The molecule has 0 aromatic heterocycles. The molecule has 1 aliphatic rings. The highest BCUT2D eigenvalue weighted by Gasteiger charge is 2.31. The normalized spacial score (nSPS) is 24.7. The molecule has 98 valence electrons. The Morgan fingerprint density at radius 2 is 1.94 bits per heavy atom. The van der Waals surface area contributed by atoms with Crippen LogP contribution in [0.4, 0.5) is 0 Å². The average Bonchev–Trinajstić information content (AvgIpc) is 2.36. The van der Waals surface area contributed by atoms with Gasteiger partial charge in [0.25, 0.3) is 10.1 Å². The SMILES string of the molecule is O=S(=O)(OC1CCC=C(Cl)C1O)c1ccccc1. The fraction of sp³-hybridized carbons (Fsp3) is 0.333. The van der Waals surface area contributed by atoms with Crippen molar-refractivity contribution >= 4 is 21.7 Å². The maximum Gasteiger partial charge on any atom is 0.297 e. The Hall–Kier alpha value is -0.880. The van der Waals surface area contributed by atoms with Crippen LogP contribution in [0, 0.1) is 0 Å². The summed E-state index contributed by atoms with van der Waals surface area (Å²) in [5.74, 6) is 0. The van der Waals surface area contributed by atoms with Crippen LogP contribution in [0.1, 0.15) is 12.8 Å². The Labute approximate surface area is 111 Å². The zero-order chi connectivity index (χ0) is 13.2. The van der Waals surface area contributed by atoms with Crippen molar-refractivity contribution in [3.8, 4) is 0 Å². The molecule has 2 unspecified atom stereocenters. The van der Waals surface area contributed by atoms with Gasteiger partial charge in [-0.3, -0.25) is 4.18 Å². The first kappa shape index (κ1) is 13.5. The molecule has 1 aromatic rings. The second kappa shape index (κ2) is 5.40. The molecule has 0 saturated heterocycles. The molecule has 0 saturated carbocycles. The highest BCUT2D eigenvalue weighted by atomic mass is 35.5. The number of hydrogen-bond donors (Lipinski definition) is 1. The van der Waals surface area contributed by atoms with E-state index in [0.29, 0.717) is 12.8 Å². The Bertz CT molecular complexity index is 538. The van der Waals surface area contributed by atoms with Crippen molar-refractivity contribution in [3.63, 3.8) is 0 Å². The van der Waals surface area contributed by atoms with Gasteiger partial charge in [0.2, 0.25) is 0 Å². The third kappa shape index (κ3) is 2.92. The summed E-state index contributed by atoms with van der Waals surface area (Å²) in [4.78, 5) is 0.0721. The van der Waals surface area contributed by atoms with Crippen molar-refractivity contribution < 1.29 is 17.7 Å². The van der Waals surface area contributed by atoms with Crippen LogP contribution in [0.3, 0.4) is 0 Å². The molecular formula is C12H13ClO4S. The first-order chi connectivity index (χ1) is 8.50. The van der Waals surface area contributed by atoms with E-state index in [2.05, 4.69) is 0 Å². The second-order valence-electron chi connectivity index (χ2n) is 4.01. The topological polar surface area (TPSA) is 63.6 Å². The molecule has 2 atom stereocenters. The van der Waals surface area contributed by atoms with E-state index in [1.54, 1.807) is 24.3 Å². The number of aliphatic hydroxyl groups is 1. The van der Waals surface area contributed by atoms with E-state index in [0.717, 1.165) is 0 Å². The second-order valence-corrected chi connectivity index (χ2v) is 6.02. The first-order valence-electron chi connectivity index (χ1n) is 5.52. The maximum atomic E-state index is 12.0. The highest BCUT2D eigenvalue weighted by molar-refractivity contribution is 7.86. The lowest BCUT2D eigenvalue weighted by atomic mass is 10.0. The number of hydrogen-bond acceptors (Lipinski definition) is 4. The zero-order valence-electron chi connectivity index (χ0n) is 9.49. The fourth-order valence-corrected chi connectivity index (χ4v) is 3.13. The lowest BCUT2D eigenvalue weighted by Crippen LogP contribution is -2.33. The lowest BCUT2D eigenvalue weighted by Gasteiger charge is -2.25. The number of halogens is 1. The number of rotatable bonds is 3. The van der Waals surface area contributed by atoms with Crippen molar-refractivity contribution in [1.82, 2.24) is 0 Å². The molecule has 4 nitrogen and oxygen atoms in total. The minimum absolute atomic E-state index is 0.0721. The van der Waals surface area contributed by atoms with Crippen LogP contribution in [0.25, 0.3) is 0 Å². The summed E-state index contributed by atoms with van der Waals surface area (Å²) in [7, 11) is -3.86. The molecule has 0 bridgehead atoms. The number of allylic oxidation sites excluding steroid dienone is 1. The van der Waals surface area contributed by atoms with Gasteiger partial charge in [-0.1, -0.05) is 35.9 Å². The maximum absolute atomic E-state index is 12.0. The minimum atomic E-state index is -3.86. The van der Waals surface area contributed by atoms with E-state index in [9.17, 15) is 13.5 Å². The Kier molecular flexibility index (Phi) is 4.07. The van der Waals surface area contributed by atoms with Crippen LogP contribution in [0.2, 0.25) is 0 Å². The molecule has 6 heteroatoms. The minimum Gasteiger partial charge on any atom is -0.385 e. The van der Waals surface area contributed by atoms with E-state index in [1.165, 1.54) is 12.1 Å². The summed E-state index contributed by atoms with van der Waals surface area (Å²) in [5.41, 5.74) is 0. The predicted molar refractivity (Wildman–Crippen MR) is 67.7 cm³/mol. The highest BCUT2D eigenvalue weighted by Crippen LogP contribution is 2.27. The monoisotopic (exact) mass is 288 g/mol. The predicted octanol–water partition coefficient (Wildman–Crippen LogP) is 2.04. The summed E-state index contributed by atoms with van der Waals surface area (Å²) < 4.78 is 29.0. The van der Waals surface area contributed by atoms with Crippen molar-refractivity contribution in [3.05, 3.63) is 41.4 Å². The Morgan fingerprint density at radius 1 is 1.28 bits per heavy atom. The Balaban J connectivity index is 2.17. The van der Waals surface area contributed by atoms with E-state index in [1.807, 2.05) is 0 Å². The molecular weight excluding hydrogens is 276 g/mol. The molecule has 2 rings (SSSR count). The van der Waals surface area contributed by atoms with Crippen molar-refractivity contribution in [2.24, 2.45) is 0 Å². The van der Waals surface area contributed by atoms with Crippen molar-refractivity contribution in [2.45, 2.75) is 29.9 Å². The van der Waals surface area contributed by atoms with Crippen LogP contribution in [0.5, 0.6) is 0 Å². The van der Waals surface area contributed by atoms with Gasteiger partial charge in [0.15, 0.2) is 0 Å². The number of aliphatic hydroxyl groups excluding tert-OH is 1. The summed E-state index contributed by atoms with van der Waals surface area (Å²) in [6, 6.07) is 7.83. The van der Waals surface area contributed by atoms with E-state index < -0.39 is 22.3 Å². The van der Waals surface area contributed by atoms with Gasteiger partial charge in [-0.2, -0.15) is 8.42 Å². The largest absolute Gasteiger partial charge is 0.385 e. The van der Waals surface area contributed by atoms with Crippen LogP contribution in [-0.2, 0) is 14.3 Å². The molecule has 1 N–H and O–H groups in total. The van der Waals surface area contributed by atoms with Gasteiger partial charge in [-0.05, 0) is 25.0 Å². The third-order valence-corrected chi connectivity index (χ3v) is 4.44. The Morgan fingerprint density at radius 3 is 2.61 bits per heavy atom. The first-order valence-corrected chi connectivity index (χ1v) is 7.31. The van der Waals surface area contributed by atoms with Gasteiger partial charge in [0.05, 0.1) is 4.90 Å². The smallest absolute Gasteiger partial charge is 0.297 e. The zero-order valence-corrected chi connectivity index (χ0v) is 11.1. The molecule has 0 fully saturated rings. The van der Waals surface area contributed by atoms with E-state index in [-0.39, 0.29) is 9.93 Å². The van der Waals surface area contributed by atoms with Crippen molar-refractivity contribution in [2.75, 3.05) is 0 Å². The molecule has 0 heterocycles. The standard InChI is InChI=1S/C12H13ClO4S/c13-10-7-4-8-11(12(10)14)17-18(15,16)9-5-2-1-3-6-9/h1-3,5-7,11-12,14H,4,8H2. The van der Waals surface area contributed by atoms with Crippen molar-refractivity contribution in [1.29, 1.82) is 0 Å². The van der Waals surface area contributed by atoms with Crippen LogP contribution >= 0.6 is 11.6 Å². The molecule has 0 amide bonds. The van der Waals surface area contributed by atoms with Gasteiger partial charge in [0.1, 0.15) is 12.2 Å². The summed E-state index contributed by atoms with van der Waals surface area (Å²) in [6.07, 6.45) is 0.766. The molecule has 0 spiro atoms. The number of benzene rings is 1. The molecule has 1 aliphatic carbocycles. The molecule has 1 aromatic carbocycles. The van der Waals surface area contributed by atoms with Gasteiger partial charge < -0.3 is 5.11 Å². The van der Waals surface area contributed by atoms with Gasteiger partial charge in [-0.25, -0.2) is 0 Å². The summed E-state index contributed by atoms with van der Waals surface area (Å²) in [6.45, 7) is 0. The fourth-order valence-electron chi connectivity index (χ4n) is 1.75. The van der Waals surface area contributed by atoms with Crippen LogP contribution in [-0.4, -0.2) is 25.7 Å². The quantitative estimate of drug-likeness (QED) is 0.865. The molecule has 18 heavy (non-hydrogen) atoms. The van der Waals surface area contributed by atoms with E-state index >= 15 is 0 Å². The molecule has 0 aliphatic heterocycles. The average molecular weight is 289 g/mol. The van der Waals surface area contributed by atoms with Gasteiger partial charge >= 0.3 is 0 Å². The van der Waals surface area contributed by atoms with Crippen LogP contribution < -0.4 is 0 Å². The van der Waals surface area contributed by atoms with Gasteiger partial charge in [0, 0.05) is 5.03 Å². The van der Waals surface area contributed by atoms with Crippen LogP contribution in [0.15, 0.2) is 46.3 Å². The summed E-state index contributed by atoms with van der Waals surface area (Å²) >= 11 is 5.77. The summed E-state index contributed by atoms with van der Waals surface area (Å²) in [5, 5.41) is 9.99. The molecule has 0 radical (unpaired) electrons. The van der Waals surface area contributed by atoms with Gasteiger partial charge in [-0.15, -0.1) is 0 Å². The lowest BCUT2D eigenvalue weighted by molar-refractivity contribution is 0.0582. The third-order valence-electron chi connectivity index (χ3n) is 2.71. The van der Waals surface area contributed by atoms with E-state index in [4.69, 9.17) is 15.8 Å².